The van der Waals surface area contributed by atoms with Gasteiger partial charge in [-0.05, 0) is 19.3 Å². The minimum Gasteiger partial charge on any atom is -0.411 e. The maximum atomic E-state index is 4.86. The van der Waals surface area contributed by atoms with Crippen molar-refractivity contribution in [2.24, 2.45) is 0 Å². The molecule has 10 heavy (non-hydrogen) atoms. The Hall–Kier alpha value is 0.629. The van der Waals surface area contributed by atoms with Crippen LogP contribution in [0.15, 0.2) is 0 Å². The molecule has 0 amide bonds. The summed E-state index contributed by atoms with van der Waals surface area (Å²) < 4.78 is 0.648. The molecule has 1 fully saturated rings. The van der Waals surface area contributed by atoms with Gasteiger partial charge in [0.2, 0.25) is 0 Å². The number of likely N-dealkylation sites (tertiary alicyclic amines) is 1. The summed E-state index contributed by atoms with van der Waals surface area (Å²) in [5, 5.41) is 0. The Labute approximate surface area is 83.4 Å². The van der Waals surface area contributed by atoms with E-state index in [4.69, 9.17) is 24.8 Å². The Morgan fingerprint density at radius 3 is 2.00 bits per heavy atom. The largest absolute Gasteiger partial charge is 1.00 e. The van der Waals surface area contributed by atoms with Crippen LogP contribution in [0.25, 0.3) is 0 Å². The van der Waals surface area contributed by atoms with Crippen LogP contribution in [0.4, 0.5) is 0 Å². The molecule has 1 heterocycles. The van der Waals surface area contributed by atoms with E-state index in [9.17, 15) is 0 Å². The van der Waals surface area contributed by atoms with Gasteiger partial charge in [0.15, 0.2) is 0 Å². The molecule has 0 spiro atoms. The minimum atomic E-state index is 0. The van der Waals surface area contributed by atoms with Crippen molar-refractivity contribution in [2.75, 3.05) is 13.1 Å². The first-order valence-electron chi connectivity index (χ1n) is 3.26. The van der Waals surface area contributed by atoms with Gasteiger partial charge in [0.05, 0.1) is 0 Å². The van der Waals surface area contributed by atoms with E-state index < -0.39 is 0 Å². The maximum Gasteiger partial charge on any atom is 1.00 e. The average molecular weight is 224 g/mol. The first-order chi connectivity index (χ1) is 4.30. The molecule has 1 rings (SSSR count). The van der Waals surface area contributed by atoms with E-state index in [1.54, 1.807) is 0 Å². The van der Waals surface area contributed by atoms with Gasteiger partial charge >= 0.3 is 17.1 Å². The third kappa shape index (κ3) is 3.15. The van der Waals surface area contributed by atoms with Crippen molar-refractivity contribution in [3.05, 3.63) is 0 Å². The van der Waals surface area contributed by atoms with Crippen molar-refractivity contribution >= 4 is 29.2 Å². The van der Waals surface area contributed by atoms with Crippen LogP contribution in [-0.4, -0.2) is 22.3 Å². The zero-order valence-electron chi connectivity index (χ0n) is 5.60. The quantitative estimate of drug-likeness (QED) is 0.346. The fourth-order valence-electron chi connectivity index (χ4n) is 1.08. The monoisotopic (exact) mass is 223 g/mol. The van der Waals surface area contributed by atoms with Gasteiger partial charge in [0, 0.05) is 13.1 Å². The van der Waals surface area contributed by atoms with E-state index in [0.29, 0.717) is 4.32 Å². The molecule has 0 aromatic heterocycles. The van der Waals surface area contributed by atoms with Crippen molar-refractivity contribution in [3.8, 4) is 0 Å². The van der Waals surface area contributed by atoms with Gasteiger partial charge in [-0.2, -0.15) is 0 Å². The van der Waals surface area contributed by atoms with Crippen LogP contribution in [0.3, 0.4) is 0 Å². The second kappa shape index (κ2) is 5.30. The molecular formula is C6H10CuNS2. The number of rotatable bonds is 0. The van der Waals surface area contributed by atoms with Crippen LogP contribution >= 0.6 is 12.2 Å². The van der Waals surface area contributed by atoms with Crippen LogP contribution in [0.1, 0.15) is 19.3 Å². The molecule has 4 heteroatoms. The summed E-state index contributed by atoms with van der Waals surface area (Å²) in [6.07, 6.45) is 3.86. The smallest absolute Gasteiger partial charge is 0.411 e. The van der Waals surface area contributed by atoms with Gasteiger partial charge in [-0.3, -0.25) is 0 Å². The molecule has 0 N–H and O–H groups in total. The predicted molar refractivity (Wildman–Crippen MR) is 45.4 cm³/mol. The van der Waals surface area contributed by atoms with E-state index in [1.165, 1.54) is 19.3 Å². The average Bonchev–Trinajstić information content (AvgIpc) is 1.90. The van der Waals surface area contributed by atoms with Gasteiger partial charge < -0.3 is 29.7 Å². The third-order valence-electron chi connectivity index (χ3n) is 1.61. The third-order valence-corrected chi connectivity index (χ3v) is 2.13. The molecule has 1 aliphatic heterocycles. The van der Waals surface area contributed by atoms with E-state index >= 15 is 0 Å². The molecule has 1 saturated heterocycles. The van der Waals surface area contributed by atoms with Gasteiger partial charge in [0.25, 0.3) is 0 Å². The second-order valence-corrected chi connectivity index (χ2v) is 3.35. The summed E-state index contributed by atoms with van der Waals surface area (Å²) in [6.45, 7) is 2.17. The van der Waals surface area contributed by atoms with Gasteiger partial charge in [0.1, 0.15) is 0 Å². The Bertz CT molecular complexity index is 112. The molecule has 0 aliphatic carbocycles. The summed E-state index contributed by atoms with van der Waals surface area (Å²) >= 11 is 9.71. The van der Waals surface area contributed by atoms with E-state index in [1.807, 2.05) is 0 Å². The van der Waals surface area contributed by atoms with Crippen LogP contribution in [0, 0.1) is 0 Å². The molecule has 0 atom stereocenters. The van der Waals surface area contributed by atoms with Crippen LogP contribution in [0.2, 0.25) is 0 Å². The molecule has 0 saturated carbocycles. The molecule has 0 aromatic rings. The molecule has 0 bridgehead atoms. The minimum absolute atomic E-state index is 0. The van der Waals surface area contributed by atoms with Gasteiger partial charge in [-0.25, -0.2) is 0 Å². The Kier molecular flexibility index (Phi) is 5.64. The molecule has 62 valence electrons. The summed E-state index contributed by atoms with van der Waals surface area (Å²) in [6, 6.07) is 0. The van der Waals surface area contributed by atoms with Crippen LogP contribution in [0.5, 0.6) is 0 Å². The number of nitrogens with zero attached hydrogens (tertiary/aromatic N) is 1. The fourth-order valence-corrected chi connectivity index (χ4v) is 1.44. The van der Waals surface area contributed by atoms with Gasteiger partial charge in [-0.1, -0.05) is 4.32 Å². The number of hydrogen-bond donors (Lipinski definition) is 0. The topological polar surface area (TPSA) is 3.24 Å². The van der Waals surface area contributed by atoms with Crippen molar-refractivity contribution in [1.82, 2.24) is 4.90 Å². The summed E-state index contributed by atoms with van der Waals surface area (Å²) in [5.74, 6) is 0. The van der Waals surface area contributed by atoms with Crippen molar-refractivity contribution in [3.63, 3.8) is 0 Å². The SMILES string of the molecule is S=C([S-])N1CCCCC1.[Cu+]. The maximum absolute atomic E-state index is 4.86. The van der Waals surface area contributed by atoms with Crippen molar-refractivity contribution in [2.45, 2.75) is 19.3 Å². The Morgan fingerprint density at radius 1 is 1.20 bits per heavy atom. The zero-order valence-corrected chi connectivity index (χ0v) is 8.18. The first-order valence-corrected chi connectivity index (χ1v) is 4.08. The van der Waals surface area contributed by atoms with E-state index in [2.05, 4.69) is 4.90 Å². The number of hydrogen-bond acceptors (Lipinski definition) is 2. The Balaban J connectivity index is 0.000000810. The van der Waals surface area contributed by atoms with E-state index in [-0.39, 0.29) is 17.1 Å². The first kappa shape index (κ1) is 10.6. The zero-order chi connectivity index (χ0) is 6.69. The summed E-state index contributed by atoms with van der Waals surface area (Å²) in [7, 11) is 0. The standard InChI is InChI=1S/C6H11NS2.Cu/c8-6(9)7-4-2-1-3-5-7;/h1-5H2,(H,8,9);/q;+1/p-1. The molecule has 1 aliphatic rings. The summed E-state index contributed by atoms with van der Waals surface area (Å²) in [4.78, 5) is 2.11. The van der Waals surface area contributed by atoms with E-state index in [0.717, 1.165) is 13.1 Å². The molecule has 0 radical (unpaired) electrons. The molecular weight excluding hydrogens is 214 g/mol. The van der Waals surface area contributed by atoms with Crippen molar-refractivity contribution in [1.29, 1.82) is 0 Å². The Morgan fingerprint density at radius 2 is 1.70 bits per heavy atom. The predicted octanol–water partition coefficient (Wildman–Crippen LogP) is 1.30. The number of thiocarbonyl (C=S) groups is 1. The molecule has 1 nitrogen and oxygen atoms in total. The number of piperidine rings is 1. The molecule has 0 unspecified atom stereocenters. The molecule has 0 aromatic carbocycles. The van der Waals surface area contributed by atoms with Crippen LogP contribution < -0.4 is 0 Å². The van der Waals surface area contributed by atoms with Crippen LogP contribution in [-0.2, 0) is 29.7 Å². The summed E-state index contributed by atoms with van der Waals surface area (Å²) in [5.41, 5.74) is 0. The normalized spacial score (nSPS) is 17.8. The van der Waals surface area contributed by atoms with Gasteiger partial charge in [-0.15, -0.1) is 0 Å². The van der Waals surface area contributed by atoms with Crippen molar-refractivity contribution < 1.29 is 17.1 Å². The second-order valence-electron chi connectivity index (χ2n) is 2.31. The fraction of sp³-hybridized carbons (Fsp3) is 0.833.